The van der Waals surface area contributed by atoms with Crippen LogP contribution in [0.1, 0.15) is 32.3 Å². The maximum Gasteiger partial charge on any atom is 0.221 e. The minimum Gasteiger partial charge on any atom is -0.381 e. The number of nitrogens with one attached hydrogen (secondary N) is 2. The fourth-order valence-corrected chi connectivity index (χ4v) is 2.64. The third kappa shape index (κ3) is 4.32. The van der Waals surface area contributed by atoms with E-state index in [0.29, 0.717) is 12.0 Å². The molecule has 1 amide bonds. The lowest BCUT2D eigenvalue weighted by atomic mass is 9.93. The van der Waals surface area contributed by atoms with Crippen molar-refractivity contribution < 1.29 is 9.53 Å². The smallest absolute Gasteiger partial charge is 0.221 e. The van der Waals surface area contributed by atoms with Gasteiger partial charge in [0.05, 0.1) is 0 Å². The van der Waals surface area contributed by atoms with E-state index in [1.807, 2.05) is 18.2 Å². The van der Waals surface area contributed by atoms with Gasteiger partial charge in [-0.05, 0) is 37.3 Å². The first-order valence-corrected chi connectivity index (χ1v) is 7.33. The van der Waals surface area contributed by atoms with Gasteiger partial charge in [0.15, 0.2) is 0 Å². The van der Waals surface area contributed by atoms with Crippen LogP contribution in [0.2, 0.25) is 0 Å². The van der Waals surface area contributed by atoms with Crippen LogP contribution in [0.15, 0.2) is 24.3 Å². The third-order valence-electron chi connectivity index (χ3n) is 3.92. The van der Waals surface area contributed by atoms with Gasteiger partial charge in [-0.25, -0.2) is 0 Å². The second-order valence-electron chi connectivity index (χ2n) is 5.46. The zero-order valence-electron chi connectivity index (χ0n) is 12.3. The molecular weight excluding hydrogens is 252 g/mol. The number of anilines is 1. The van der Waals surface area contributed by atoms with Gasteiger partial charge < -0.3 is 15.4 Å². The Morgan fingerprint density at radius 2 is 2.05 bits per heavy atom. The monoisotopic (exact) mass is 276 g/mol. The Balaban J connectivity index is 1.91. The van der Waals surface area contributed by atoms with Crippen molar-refractivity contribution in [3.63, 3.8) is 0 Å². The molecule has 1 fully saturated rings. The van der Waals surface area contributed by atoms with Crippen LogP contribution >= 0.6 is 0 Å². The quantitative estimate of drug-likeness (QED) is 0.869. The SMILES string of the molecule is CC(=O)Nc1ccccc1CNC(C)C1CCOCC1. The van der Waals surface area contributed by atoms with Crippen LogP contribution < -0.4 is 10.6 Å². The number of amides is 1. The molecule has 1 saturated heterocycles. The first kappa shape index (κ1) is 15.0. The summed E-state index contributed by atoms with van der Waals surface area (Å²) in [6, 6.07) is 8.40. The highest BCUT2D eigenvalue weighted by Gasteiger charge is 2.20. The minimum absolute atomic E-state index is 0.0325. The van der Waals surface area contributed by atoms with Crippen molar-refractivity contribution in [1.82, 2.24) is 5.32 Å². The molecule has 1 heterocycles. The average Bonchev–Trinajstić information content (AvgIpc) is 2.46. The van der Waals surface area contributed by atoms with Gasteiger partial charge in [0.25, 0.3) is 0 Å². The van der Waals surface area contributed by atoms with Gasteiger partial charge in [-0.15, -0.1) is 0 Å². The van der Waals surface area contributed by atoms with Crippen LogP contribution in [0.4, 0.5) is 5.69 Å². The third-order valence-corrected chi connectivity index (χ3v) is 3.92. The second-order valence-corrected chi connectivity index (χ2v) is 5.46. The summed E-state index contributed by atoms with van der Waals surface area (Å²) in [6.45, 7) is 6.29. The molecule has 2 N–H and O–H groups in total. The molecule has 1 aliphatic heterocycles. The highest BCUT2D eigenvalue weighted by Crippen LogP contribution is 2.20. The van der Waals surface area contributed by atoms with Crippen molar-refractivity contribution in [2.75, 3.05) is 18.5 Å². The summed E-state index contributed by atoms with van der Waals surface area (Å²) in [5.41, 5.74) is 2.02. The normalized spacial score (nSPS) is 17.7. The second kappa shape index (κ2) is 7.41. The lowest BCUT2D eigenvalue weighted by Crippen LogP contribution is -2.36. The summed E-state index contributed by atoms with van der Waals surface area (Å²) in [5, 5.41) is 6.45. The van der Waals surface area contributed by atoms with Crippen LogP contribution in [0.5, 0.6) is 0 Å². The fourth-order valence-electron chi connectivity index (χ4n) is 2.64. The molecule has 20 heavy (non-hydrogen) atoms. The summed E-state index contributed by atoms with van der Waals surface area (Å²) in [6.07, 6.45) is 2.25. The van der Waals surface area contributed by atoms with Crippen molar-refractivity contribution in [3.8, 4) is 0 Å². The van der Waals surface area contributed by atoms with Gasteiger partial charge in [0, 0.05) is 38.4 Å². The van der Waals surface area contributed by atoms with E-state index < -0.39 is 0 Å². The van der Waals surface area contributed by atoms with Gasteiger partial charge >= 0.3 is 0 Å². The number of carbonyl (C=O) groups excluding carboxylic acids is 1. The number of para-hydroxylation sites is 1. The minimum atomic E-state index is -0.0325. The molecule has 0 aliphatic carbocycles. The van der Waals surface area contributed by atoms with Crippen LogP contribution in [-0.4, -0.2) is 25.2 Å². The van der Waals surface area contributed by atoms with Crippen molar-refractivity contribution in [2.24, 2.45) is 5.92 Å². The van der Waals surface area contributed by atoms with E-state index in [9.17, 15) is 4.79 Å². The van der Waals surface area contributed by atoms with Crippen molar-refractivity contribution in [2.45, 2.75) is 39.3 Å². The number of hydrogen-bond donors (Lipinski definition) is 2. The number of benzene rings is 1. The Labute approximate surface area is 120 Å². The van der Waals surface area contributed by atoms with Gasteiger partial charge in [-0.3, -0.25) is 4.79 Å². The highest BCUT2D eigenvalue weighted by atomic mass is 16.5. The Morgan fingerprint density at radius 3 is 2.75 bits per heavy atom. The maximum absolute atomic E-state index is 11.2. The number of rotatable bonds is 5. The van der Waals surface area contributed by atoms with Crippen molar-refractivity contribution >= 4 is 11.6 Å². The van der Waals surface area contributed by atoms with E-state index in [-0.39, 0.29) is 5.91 Å². The predicted octanol–water partition coefficient (Wildman–Crippen LogP) is 2.55. The zero-order valence-corrected chi connectivity index (χ0v) is 12.3. The van der Waals surface area contributed by atoms with Crippen LogP contribution in [0.3, 0.4) is 0 Å². The Kier molecular flexibility index (Phi) is 5.56. The Hall–Kier alpha value is -1.39. The summed E-state index contributed by atoms with van der Waals surface area (Å²) < 4.78 is 5.40. The van der Waals surface area contributed by atoms with Crippen LogP contribution in [-0.2, 0) is 16.1 Å². The molecule has 0 radical (unpaired) electrons. The lowest BCUT2D eigenvalue weighted by Gasteiger charge is -2.28. The molecule has 4 nitrogen and oxygen atoms in total. The first-order valence-electron chi connectivity index (χ1n) is 7.33. The lowest BCUT2D eigenvalue weighted by molar-refractivity contribution is -0.114. The average molecular weight is 276 g/mol. The van der Waals surface area contributed by atoms with Gasteiger partial charge in [0.1, 0.15) is 0 Å². The molecule has 4 heteroatoms. The molecule has 1 atom stereocenters. The number of hydrogen-bond acceptors (Lipinski definition) is 3. The molecule has 2 rings (SSSR count). The van der Waals surface area contributed by atoms with E-state index in [2.05, 4.69) is 23.6 Å². The first-order chi connectivity index (χ1) is 9.66. The van der Waals surface area contributed by atoms with E-state index in [4.69, 9.17) is 4.74 Å². The molecule has 110 valence electrons. The van der Waals surface area contributed by atoms with Gasteiger partial charge in [0.2, 0.25) is 5.91 Å². The number of ether oxygens (including phenoxy) is 1. The molecule has 1 unspecified atom stereocenters. The van der Waals surface area contributed by atoms with E-state index in [1.54, 1.807) is 0 Å². The van der Waals surface area contributed by atoms with Crippen molar-refractivity contribution in [1.29, 1.82) is 0 Å². The molecule has 0 saturated carbocycles. The standard InChI is InChI=1S/C16H24N2O2/c1-12(14-7-9-20-10-8-14)17-11-15-5-3-4-6-16(15)18-13(2)19/h3-6,12,14,17H,7-11H2,1-2H3,(H,18,19). The largest absolute Gasteiger partial charge is 0.381 e. The predicted molar refractivity (Wildman–Crippen MR) is 80.6 cm³/mol. The van der Waals surface area contributed by atoms with E-state index >= 15 is 0 Å². The molecule has 1 aromatic rings. The molecule has 0 bridgehead atoms. The van der Waals surface area contributed by atoms with E-state index in [0.717, 1.165) is 43.9 Å². The molecule has 0 aromatic heterocycles. The molecule has 0 spiro atoms. The van der Waals surface area contributed by atoms with Crippen LogP contribution in [0, 0.1) is 5.92 Å². The zero-order chi connectivity index (χ0) is 14.4. The van der Waals surface area contributed by atoms with Gasteiger partial charge in [-0.2, -0.15) is 0 Å². The summed E-state index contributed by atoms with van der Waals surface area (Å²) in [5.74, 6) is 0.645. The Bertz CT molecular complexity index is 442. The van der Waals surface area contributed by atoms with Gasteiger partial charge in [-0.1, -0.05) is 18.2 Å². The fraction of sp³-hybridized carbons (Fsp3) is 0.562. The van der Waals surface area contributed by atoms with Crippen LogP contribution in [0.25, 0.3) is 0 Å². The molecule has 1 aromatic carbocycles. The topological polar surface area (TPSA) is 50.4 Å². The summed E-state index contributed by atoms with van der Waals surface area (Å²) in [4.78, 5) is 11.2. The van der Waals surface area contributed by atoms with E-state index in [1.165, 1.54) is 6.92 Å². The number of carbonyl (C=O) groups is 1. The molecule has 1 aliphatic rings. The molecular formula is C16H24N2O2. The summed E-state index contributed by atoms with van der Waals surface area (Å²) >= 11 is 0. The van der Waals surface area contributed by atoms with Crippen molar-refractivity contribution in [3.05, 3.63) is 29.8 Å². The maximum atomic E-state index is 11.2. The Morgan fingerprint density at radius 1 is 1.35 bits per heavy atom. The highest BCUT2D eigenvalue weighted by molar-refractivity contribution is 5.89. The summed E-state index contributed by atoms with van der Waals surface area (Å²) in [7, 11) is 0.